The molecule has 1 fully saturated rings. The molecule has 4 N–H and O–H groups in total. The molecule has 0 saturated carbocycles. The fourth-order valence-corrected chi connectivity index (χ4v) is 1.47. The van der Waals surface area contributed by atoms with Crippen LogP contribution in [0.15, 0.2) is 0 Å². The van der Waals surface area contributed by atoms with Crippen LogP contribution in [0.5, 0.6) is 0 Å². The first kappa shape index (κ1) is 9.91. The van der Waals surface area contributed by atoms with Crippen LogP contribution in [0.1, 0.15) is 23.5 Å². The van der Waals surface area contributed by atoms with E-state index in [0.29, 0.717) is 13.2 Å². The SMILES string of the molecule is Nc1n[nH]c(C(=O)NC2CCOCC2)n1. The van der Waals surface area contributed by atoms with E-state index in [9.17, 15) is 4.79 Å². The zero-order valence-electron chi connectivity index (χ0n) is 8.19. The summed E-state index contributed by atoms with van der Waals surface area (Å²) in [7, 11) is 0. The third kappa shape index (κ3) is 2.44. The molecule has 1 amide bonds. The minimum Gasteiger partial charge on any atom is -0.381 e. The van der Waals surface area contributed by atoms with E-state index in [4.69, 9.17) is 10.5 Å². The number of nitrogen functional groups attached to an aromatic ring is 1. The molecule has 7 nitrogen and oxygen atoms in total. The monoisotopic (exact) mass is 211 g/mol. The van der Waals surface area contributed by atoms with Gasteiger partial charge in [-0.1, -0.05) is 0 Å². The first-order valence-corrected chi connectivity index (χ1v) is 4.82. The predicted octanol–water partition coefficient (Wildman–Crippen LogP) is -0.704. The molecule has 1 aliphatic heterocycles. The lowest BCUT2D eigenvalue weighted by Crippen LogP contribution is -2.39. The number of hydrogen-bond donors (Lipinski definition) is 3. The molecule has 82 valence electrons. The summed E-state index contributed by atoms with van der Waals surface area (Å²) < 4.78 is 5.18. The van der Waals surface area contributed by atoms with Gasteiger partial charge >= 0.3 is 0 Å². The summed E-state index contributed by atoms with van der Waals surface area (Å²) in [6, 6.07) is 0.151. The molecule has 0 atom stereocenters. The highest BCUT2D eigenvalue weighted by Crippen LogP contribution is 2.06. The lowest BCUT2D eigenvalue weighted by molar-refractivity contribution is 0.0692. The molecule has 1 aromatic heterocycles. The number of nitrogens with zero attached hydrogens (tertiary/aromatic N) is 2. The van der Waals surface area contributed by atoms with Crippen LogP contribution >= 0.6 is 0 Å². The molecule has 2 heterocycles. The van der Waals surface area contributed by atoms with Gasteiger partial charge in [-0.3, -0.25) is 9.89 Å². The van der Waals surface area contributed by atoms with Crippen LogP contribution in [0.3, 0.4) is 0 Å². The number of carbonyl (C=O) groups excluding carboxylic acids is 1. The average molecular weight is 211 g/mol. The second kappa shape index (κ2) is 4.26. The number of amides is 1. The van der Waals surface area contributed by atoms with Gasteiger partial charge < -0.3 is 15.8 Å². The number of aromatic nitrogens is 3. The van der Waals surface area contributed by atoms with Crippen LogP contribution in [0.4, 0.5) is 5.95 Å². The molecular formula is C8H13N5O2. The second-order valence-corrected chi connectivity index (χ2v) is 3.40. The van der Waals surface area contributed by atoms with Crippen molar-refractivity contribution in [3.63, 3.8) is 0 Å². The third-order valence-electron chi connectivity index (χ3n) is 2.27. The smallest absolute Gasteiger partial charge is 0.288 e. The van der Waals surface area contributed by atoms with Crippen LogP contribution in [0, 0.1) is 0 Å². The van der Waals surface area contributed by atoms with Gasteiger partial charge in [0.05, 0.1) is 0 Å². The molecular weight excluding hydrogens is 198 g/mol. The lowest BCUT2D eigenvalue weighted by atomic mass is 10.1. The number of hydrogen-bond acceptors (Lipinski definition) is 5. The second-order valence-electron chi connectivity index (χ2n) is 3.40. The van der Waals surface area contributed by atoms with Crippen molar-refractivity contribution in [3.05, 3.63) is 5.82 Å². The quantitative estimate of drug-likeness (QED) is 0.599. The van der Waals surface area contributed by atoms with Crippen molar-refractivity contribution in [1.29, 1.82) is 0 Å². The fraction of sp³-hybridized carbons (Fsp3) is 0.625. The number of carbonyl (C=O) groups is 1. The van der Waals surface area contributed by atoms with Gasteiger partial charge in [-0.15, -0.1) is 5.10 Å². The maximum Gasteiger partial charge on any atom is 0.288 e. The fourth-order valence-electron chi connectivity index (χ4n) is 1.47. The van der Waals surface area contributed by atoms with Crippen molar-refractivity contribution in [2.75, 3.05) is 18.9 Å². The topological polar surface area (TPSA) is 106 Å². The molecule has 1 aliphatic rings. The minimum absolute atomic E-state index is 0.0760. The first-order chi connectivity index (χ1) is 7.25. The van der Waals surface area contributed by atoms with Crippen molar-refractivity contribution in [3.8, 4) is 0 Å². The Hall–Kier alpha value is -1.63. The van der Waals surface area contributed by atoms with Gasteiger partial charge in [-0.05, 0) is 12.8 Å². The summed E-state index contributed by atoms with van der Waals surface area (Å²) in [5, 5.41) is 8.89. The first-order valence-electron chi connectivity index (χ1n) is 4.82. The molecule has 0 unspecified atom stereocenters. The Morgan fingerprint density at radius 3 is 2.87 bits per heavy atom. The molecule has 7 heteroatoms. The number of H-pyrrole nitrogens is 1. The zero-order valence-corrected chi connectivity index (χ0v) is 8.19. The van der Waals surface area contributed by atoms with Crippen molar-refractivity contribution < 1.29 is 9.53 Å². The van der Waals surface area contributed by atoms with E-state index >= 15 is 0 Å². The standard InChI is InChI=1S/C8H13N5O2/c9-8-11-6(12-13-8)7(14)10-5-1-3-15-4-2-5/h5H,1-4H2,(H,10,14)(H3,9,11,12,13). The molecule has 15 heavy (non-hydrogen) atoms. The Bertz CT molecular complexity index is 345. The molecule has 0 spiro atoms. The summed E-state index contributed by atoms with van der Waals surface area (Å²) in [6.45, 7) is 1.37. The summed E-state index contributed by atoms with van der Waals surface area (Å²) in [6.07, 6.45) is 1.66. The van der Waals surface area contributed by atoms with Crippen molar-refractivity contribution in [1.82, 2.24) is 20.5 Å². The van der Waals surface area contributed by atoms with Crippen molar-refractivity contribution in [2.45, 2.75) is 18.9 Å². The van der Waals surface area contributed by atoms with E-state index in [1.807, 2.05) is 0 Å². The third-order valence-corrected chi connectivity index (χ3v) is 2.27. The highest BCUT2D eigenvalue weighted by molar-refractivity contribution is 5.90. The van der Waals surface area contributed by atoms with E-state index < -0.39 is 0 Å². The van der Waals surface area contributed by atoms with E-state index in [0.717, 1.165) is 12.8 Å². The normalized spacial score (nSPS) is 17.6. The number of anilines is 1. The van der Waals surface area contributed by atoms with E-state index in [-0.39, 0.29) is 23.7 Å². The highest BCUT2D eigenvalue weighted by Gasteiger charge is 2.18. The summed E-state index contributed by atoms with van der Waals surface area (Å²) in [5.74, 6) is -0.0442. The summed E-state index contributed by atoms with van der Waals surface area (Å²) in [4.78, 5) is 15.3. The molecule has 0 aromatic carbocycles. The maximum atomic E-state index is 11.6. The van der Waals surface area contributed by atoms with Crippen LogP contribution < -0.4 is 11.1 Å². The van der Waals surface area contributed by atoms with Gasteiger partial charge in [0, 0.05) is 19.3 Å². The Balaban J connectivity index is 1.91. The summed E-state index contributed by atoms with van der Waals surface area (Å²) >= 11 is 0. The van der Waals surface area contributed by atoms with Crippen LogP contribution in [0.25, 0.3) is 0 Å². The van der Waals surface area contributed by atoms with E-state index in [1.165, 1.54) is 0 Å². The lowest BCUT2D eigenvalue weighted by Gasteiger charge is -2.22. The maximum absolute atomic E-state index is 11.6. The molecule has 0 aliphatic carbocycles. The van der Waals surface area contributed by atoms with Gasteiger partial charge in [-0.25, -0.2) is 0 Å². The molecule has 1 saturated heterocycles. The average Bonchev–Trinajstić information content (AvgIpc) is 2.66. The van der Waals surface area contributed by atoms with Gasteiger partial charge in [0.15, 0.2) is 0 Å². The van der Waals surface area contributed by atoms with Crippen molar-refractivity contribution >= 4 is 11.9 Å². The predicted molar refractivity (Wildman–Crippen MR) is 52.1 cm³/mol. The van der Waals surface area contributed by atoms with Gasteiger partial charge in [0.1, 0.15) is 0 Å². The molecule has 0 bridgehead atoms. The van der Waals surface area contributed by atoms with Crippen molar-refractivity contribution in [2.24, 2.45) is 0 Å². The van der Waals surface area contributed by atoms with E-state index in [1.54, 1.807) is 0 Å². The van der Waals surface area contributed by atoms with Crippen LogP contribution in [0.2, 0.25) is 0 Å². The van der Waals surface area contributed by atoms with Crippen LogP contribution in [-0.4, -0.2) is 40.3 Å². The van der Waals surface area contributed by atoms with Gasteiger partial charge in [0.2, 0.25) is 11.8 Å². The van der Waals surface area contributed by atoms with Crippen LogP contribution in [-0.2, 0) is 4.74 Å². The largest absolute Gasteiger partial charge is 0.381 e. The zero-order chi connectivity index (χ0) is 10.7. The Morgan fingerprint density at radius 1 is 1.53 bits per heavy atom. The minimum atomic E-state index is -0.272. The number of aromatic amines is 1. The molecule has 2 rings (SSSR count). The number of nitrogens with one attached hydrogen (secondary N) is 2. The number of ether oxygens (including phenoxy) is 1. The van der Waals surface area contributed by atoms with E-state index in [2.05, 4.69) is 20.5 Å². The van der Waals surface area contributed by atoms with Gasteiger partial charge in [0.25, 0.3) is 5.91 Å². The molecule has 1 aromatic rings. The summed E-state index contributed by atoms with van der Waals surface area (Å²) in [5.41, 5.74) is 5.30. The number of nitrogens with two attached hydrogens (primary N) is 1. The van der Waals surface area contributed by atoms with Gasteiger partial charge in [-0.2, -0.15) is 4.98 Å². The molecule has 0 radical (unpaired) electrons. The number of rotatable bonds is 2. The highest BCUT2D eigenvalue weighted by atomic mass is 16.5. The Kier molecular flexibility index (Phi) is 2.82. The Labute approximate surface area is 86.4 Å². The Morgan fingerprint density at radius 2 is 2.27 bits per heavy atom.